The van der Waals surface area contributed by atoms with Gasteiger partial charge in [-0.05, 0) is 67.3 Å². The molecule has 0 amide bonds. The average Bonchev–Trinajstić information content (AvgIpc) is 3.51. The van der Waals surface area contributed by atoms with E-state index in [-0.39, 0.29) is 23.8 Å². The summed E-state index contributed by atoms with van der Waals surface area (Å²) in [5, 5.41) is 12.7. The molecule has 1 aliphatic carbocycles. The maximum Gasteiger partial charge on any atom is 0.586 e. The number of hydrogen-bond acceptors (Lipinski definition) is 5. The largest absolute Gasteiger partial charge is 0.586 e. The van der Waals surface area contributed by atoms with Gasteiger partial charge in [-0.2, -0.15) is 0 Å². The number of carboxylic acids is 1. The number of anilines is 3. The van der Waals surface area contributed by atoms with Crippen molar-refractivity contribution in [2.24, 2.45) is 5.92 Å². The first kappa shape index (κ1) is 23.1. The lowest BCUT2D eigenvalue weighted by Gasteiger charge is -2.28. The number of carboxylic acid groups (broad SMARTS) is 1. The molecule has 6 nitrogen and oxygen atoms in total. The molecule has 1 saturated carbocycles. The van der Waals surface area contributed by atoms with Crippen LogP contribution < -0.4 is 19.7 Å². The van der Waals surface area contributed by atoms with Crippen LogP contribution in [-0.2, 0) is 4.79 Å². The van der Waals surface area contributed by atoms with Gasteiger partial charge in [0.25, 0.3) is 0 Å². The van der Waals surface area contributed by atoms with Crippen molar-refractivity contribution >= 4 is 23.0 Å². The minimum Gasteiger partial charge on any atom is -0.481 e. The molecule has 1 unspecified atom stereocenters. The van der Waals surface area contributed by atoms with Gasteiger partial charge in [0.15, 0.2) is 11.5 Å². The maximum absolute atomic E-state index is 13.4. The third kappa shape index (κ3) is 5.67. The first-order valence-electron chi connectivity index (χ1n) is 11.6. The number of hydrogen-bond donors (Lipinski definition) is 2. The number of fused-ring (bicyclic) bond motifs is 1. The number of aliphatic carboxylic acids is 1. The van der Waals surface area contributed by atoms with Gasteiger partial charge in [0.2, 0.25) is 0 Å². The predicted octanol–water partition coefficient (Wildman–Crippen LogP) is 6.35. The zero-order chi connectivity index (χ0) is 23.6. The van der Waals surface area contributed by atoms with Crippen LogP contribution in [0.2, 0.25) is 0 Å². The number of ether oxygens (including phenoxy) is 2. The van der Waals surface area contributed by atoms with E-state index in [1.165, 1.54) is 25.0 Å². The highest BCUT2D eigenvalue weighted by Gasteiger charge is 2.43. The number of halogens is 2. The molecular formula is C25H30F2N2O4. The van der Waals surface area contributed by atoms with E-state index < -0.39 is 12.3 Å². The summed E-state index contributed by atoms with van der Waals surface area (Å²) in [5.41, 5.74) is 3.35. The highest BCUT2D eigenvalue weighted by atomic mass is 19.3. The summed E-state index contributed by atoms with van der Waals surface area (Å²) in [6, 6.07) is 10.7. The number of nitrogens with zero attached hydrogens (tertiary/aromatic N) is 1. The van der Waals surface area contributed by atoms with Crippen LogP contribution in [0.25, 0.3) is 0 Å². The molecule has 1 atom stereocenters. The molecule has 2 aromatic carbocycles. The maximum atomic E-state index is 13.4. The van der Waals surface area contributed by atoms with Gasteiger partial charge >= 0.3 is 12.3 Å². The number of benzene rings is 2. The van der Waals surface area contributed by atoms with Crippen LogP contribution in [0.3, 0.4) is 0 Å². The van der Waals surface area contributed by atoms with E-state index in [2.05, 4.69) is 26.6 Å². The Morgan fingerprint density at radius 3 is 2.61 bits per heavy atom. The van der Waals surface area contributed by atoms with Crippen molar-refractivity contribution in [2.45, 2.75) is 58.2 Å². The van der Waals surface area contributed by atoms with Gasteiger partial charge in [-0.15, -0.1) is 8.78 Å². The number of alkyl halides is 2. The van der Waals surface area contributed by atoms with E-state index in [0.29, 0.717) is 18.0 Å². The molecule has 2 aliphatic rings. The van der Waals surface area contributed by atoms with Crippen molar-refractivity contribution in [1.29, 1.82) is 0 Å². The Kier molecular flexibility index (Phi) is 6.63. The van der Waals surface area contributed by atoms with E-state index in [4.69, 9.17) is 0 Å². The zero-order valence-electron chi connectivity index (χ0n) is 18.9. The van der Waals surface area contributed by atoms with Crippen molar-refractivity contribution in [2.75, 3.05) is 23.3 Å². The van der Waals surface area contributed by atoms with Gasteiger partial charge in [0.05, 0.1) is 17.8 Å². The Labute approximate surface area is 192 Å². The van der Waals surface area contributed by atoms with Crippen molar-refractivity contribution < 1.29 is 28.2 Å². The van der Waals surface area contributed by atoms with Crippen molar-refractivity contribution in [3.05, 3.63) is 42.0 Å². The van der Waals surface area contributed by atoms with Crippen LogP contribution in [0.4, 0.5) is 25.8 Å². The second-order valence-electron chi connectivity index (χ2n) is 8.82. The van der Waals surface area contributed by atoms with E-state index in [0.717, 1.165) is 36.4 Å². The Bertz CT molecular complexity index is 1010. The van der Waals surface area contributed by atoms with Crippen LogP contribution in [0.5, 0.6) is 11.5 Å². The van der Waals surface area contributed by atoms with Gasteiger partial charge < -0.3 is 24.8 Å². The molecule has 33 heavy (non-hydrogen) atoms. The SMILES string of the molecule is CCCN(CC1CC1)c1ccc(C(CC)CC(=O)O)cc1Nc1ccc2c(c1)OC(F)(F)O2. The van der Waals surface area contributed by atoms with Crippen LogP contribution in [-0.4, -0.2) is 30.5 Å². The number of carbonyl (C=O) groups is 1. The van der Waals surface area contributed by atoms with E-state index in [1.54, 1.807) is 6.07 Å². The zero-order valence-corrected chi connectivity index (χ0v) is 18.9. The summed E-state index contributed by atoms with van der Waals surface area (Å²) in [6.07, 6.45) is 0.533. The average molecular weight is 461 g/mol. The van der Waals surface area contributed by atoms with E-state index >= 15 is 0 Å². The Morgan fingerprint density at radius 1 is 1.18 bits per heavy atom. The summed E-state index contributed by atoms with van der Waals surface area (Å²) in [6.45, 7) is 5.97. The summed E-state index contributed by atoms with van der Waals surface area (Å²) >= 11 is 0. The van der Waals surface area contributed by atoms with Gasteiger partial charge in [0.1, 0.15) is 0 Å². The molecule has 8 heteroatoms. The molecule has 1 aliphatic heterocycles. The Morgan fingerprint density at radius 2 is 1.94 bits per heavy atom. The lowest BCUT2D eigenvalue weighted by Crippen LogP contribution is -2.27. The highest BCUT2D eigenvalue weighted by Crippen LogP contribution is 2.44. The molecule has 0 radical (unpaired) electrons. The monoisotopic (exact) mass is 460 g/mol. The van der Waals surface area contributed by atoms with Gasteiger partial charge in [0, 0.05) is 24.8 Å². The van der Waals surface area contributed by atoms with Gasteiger partial charge in [-0.1, -0.05) is 19.9 Å². The fourth-order valence-electron chi connectivity index (χ4n) is 4.27. The van der Waals surface area contributed by atoms with Crippen molar-refractivity contribution in [3.63, 3.8) is 0 Å². The molecule has 2 aromatic rings. The number of rotatable bonds is 11. The third-order valence-corrected chi connectivity index (χ3v) is 6.10. The molecule has 0 saturated heterocycles. The van der Waals surface area contributed by atoms with E-state index in [1.807, 2.05) is 25.1 Å². The van der Waals surface area contributed by atoms with Gasteiger partial charge in [-0.25, -0.2) is 0 Å². The van der Waals surface area contributed by atoms with Gasteiger partial charge in [-0.3, -0.25) is 4.79 Å². The third-order valence-electron chi connectivity index (χ3n) is 6.10. The minimum atomic E-state index is -3.67. The van der Waals surface area contributed by atoms with Crippen LogP contribution in [0.1, 0.15) is 57.4 Å². The number of nitrogens with one attached hydrogen (secondary N) is 1. The molecular weight excluding hydrogens is 430 g/mol. The van der Waals surface area contributed by atoms with Crippen LogP contribution in [0.15, 0.2) is 36.4 Å². The first-order valence-corrected chi connectivity index (χ1v) is 11.6. The second-order valence-corrected chi connectivity index (χ2v) is 8.82. The lowest BCUT2D eigenvalue weighted by atomic mass is 9.92. The molecule has 178 valence electrons. The predicted molar refractivity (Wildman–Crippen MR) is 123 cm³/mol. The topological polar surface area (TPSA) is 71.0 Å². The Hall–Kier alpha value is -3.03. The van der Waals surface area contributed by atoms with E-state index in [9.17, 15) is 18.7 Å². The Balaban J connectivity index is 1.68. The minimum absolute atomic E-state index is 0.00614. The lowest BCUT2D eigenvalue weighted by molar-refractivity contribution is -0.286. The summed E-state index contributed by atoms with van der Waals surface area (Å²) < 4.78 is 36.0. The molecule has 0 bridgehead atoms. The van der Waals surface area contributed by atoms with Crippen molar-refractivity contribution in [1.82, 2.24) is 0 Å². The summed E-state index contributed by atoms with van der Waals surface area (Å²) in [7, 11) is 0. The summed E-state index contributed by atoms with van der Waals surface area (Å²) in [4.78, 5) is 13.7. The smallest absolute Gasteiger partial charge is 0.481 e. The normalized spacial score (nSPS) is 17.0. The highest BCUT2D eigenvalue weighted by molar-refractivity contribution is 5.77. The van der Waals surface area contributed by atoms with Crippen LogP contribution >= 0.6 is 0 Å². The molecule has 0 spiro atoms. The quantitative estimate of drug-likeness (QED) is 0.407. The fourth-order valence-corrected chi connectivity index (χ4v) is 4.27. The van der Waals surface area contributed by atoms with Crippen molar-refractivity contribution in [3.8, 4) is 11.5 Å². The van der Waals surface area contributed by atoms with Crippen LogP contribution in [0, 0.1) is 5.92 Å². The molecule has 2 N–H and O–H groups in total. The molecule has 1 fully saturated rings. The fraction of sp³-hybridized carbons (Fsp3) is 0.480. The summed E-state index contributed by atoms with van der Waals surface area (Å²) in [5.74, 6) is -0.293. The first-order chi connectivity index (χ1) is 15.8. The standard InChI is InChI=1S/C25H30F2N2O4/c1-3-11-29(15-16-5-6-16)21-9-7-18(17(4-2)13-24(30)31)12-20(21)28-19-8-10-22-23(14-19)33-25(26,27)32-22/h7-10,12,14,16-17,28H,3-6,11,13,15H2,1-2H3,(H,30,31). The molecule has 1 heterocycles. The molecule has 4 rings (SSSR count). The second kappa shape index (κ2) is 9.45. The molecule has 0 aromatic heterocycles.